The fourth-order valence-electron chi connectivity index (χ4n) is 2.60. The maximum absolute atomic E-state index is 6.07. The van der Waals surface area contributed by atoms with E-state index in [1.807, 2.05) is 6.07 Å². The molecule has 3 aromatic carbocycles. The highest BCUT2D eigenvalue weighted by atomic mass is 14.5. The molecule has 17 heavy (non-hydrogen) atoms. The zero-order chi connectivity index (χ0) is 12.0. The van der Waals surface area contributed by atoms with Crippen molar-refractivity contribution >= 4 is 27.2 Å². The standard InChI is InChI=1S/C16H15N/c1-10-4-3-5-12-7-8-13-14(17)9-6-11(2)16(13)15(10)12/h3-9H,17H2,1-2H3. The Bertz CT molecular complexity index is 726. The third-order valence-electron chi connectivity index (χ3n) is 3.47. The van der Waals surface area contributed by atoms with E-state index < -0.39 is 0 Å². The number of hydrogen-bond acceptors (Lipinski definition) is 1. The lowest BCUT2D eigenvalue weighted by Crippen LogP contribution is -1.90. The van der Waals surface area contributed by atoms with E-state index in [0.717, 1.165) is 11.1 Å². The molecule has 1 nitrogen and oxygen atoms in total. The summed E-state index contributed by atoms with van der Waals surface area (Å²) in [5.41, 5.74) is 9.52. The molecule has 0 amide bonds. The molecule has 0 radical (unpaired) electrons. The van der Waals surface area contributed by atoms with Crippen molar-refractivity contribution in [1.82, 2.24) is 0 Å². The van der Waals surface area contributed by atoms with E-state index in [0.29, 0.717) is 0 Å². The molecule has 84 valence electrons. The Morgan fingerprint density at radius 3 is 2.35 bits per heavy atom. The van der Waals surface area contributed by atoms with Crippen LogP contribution in [0.3, 0.4) is 0 Å². The maximum atomic E-state index is 6.07. The second kappa shape index (κ2) is 3.49. The number of fused-ring (bicyclic) bond motifs is 3. The lowest BCUT2D eigenvalue weighted by molar-refractivity contribution is 1.51. The van der Waals surface area contributed by atoms with Crippen molar-refractivity contribution in [2.45, 2.75) is 13.8 Å². The van der Waals surface area contributed by atoms with E-state index >= 15 is 0 Å². The minimum absolute atomic E-state index is 0.857. The van der Waals surface area contributed by atoms with Crippen molar-refractivity contribution in [1.29, 1.82) is 0 Å². The normalized spacial score (nSPS) is 11.2. The molecule has 0 aliphatic carbocycles. The Labute approximate surface area is 101 Å². The van der Waals surface area contributed by atoms with Gasteiger partial charge in [0.25, 0.3) is 0 Å². The summed E-state index contributed by atoms with van der Waals surface area (Å²) >= 11 is 0. The van der Waals surface area contributed by atoms with Gasteiger partial charge in [0.05, 0.1) is 0 Å². The number of hydrogen-bond donors (Lipinski definition) is 1. The molecule has 0 fully saturated rings. The summed E-state index contributed by atoms with van der Waals surface area (Å²) in [6, 6.07) is 14.8. The van der Waals surface area contributed by atoms with Gasteiger partial charge in [-0.1, -0.05) is 36.4 Å². The highest BCUT2D eigenvalue weighted by molar-refractivity contribution is 6.13. The van der Waals surface area contributed by atoms with Gasteiger partial charge in [0, 0.05) is 11.1 Å². The summed E-state index contributed by atoms with van der Waals surface area (Å²) in [5, 5.41) is 5.06. The molecule has 2 N–H and O–H groups in total. The number of benzene rings is 3. The largest absolute Gasteiger partial charge is 0.398 e. The van der Waals surface area contributed by atoms with Gasteiger partial charge in [0.15, 0.2) is 0 Å². The first kappa shape index (κ1) is 10.2. The zero-order valence-corrected chi connectivity index (χ0v) is 10.1. The van der Waals surface area contributed by atoms with Crippen LogP contribution in [0.5, 0.6) is 0 Å². The molecule has 0 aromatic heterocycles. The van der Waals surface area contributed by atoms with Gasteiger partial charge in [0.1, 0.15) is 0 Å². The highest BCUT2D eigenvalue weighted by Gasteiger charge is 2.07. The molecule has 3 rings (SSSR count). The van der Waals surface area contributed by atoms with Gasteiger partial charge in [0.2, 0.25) is 0 Å². The molecule has 1 heteroatoms. The number of nitrogen functional groups attached to an aromatic ring is 1. The predicted octanol–water partition coefficient (Wildman–Crippen LogP) is 4.19. The SMILES string of the molecule is Cc1cccc2ccc3c(N)ccc(C)c3c12. The minimum Gasteiger partial charge on any atom is -0.398 e. The summed E-state index contributed by atoms with van der Waals surface area (Å²) in [5.74, 6) is 0. The molecular weight excluding hydrogens is 206 g/mol. The van der Waals surface area contributed by atoms with Gasteiger partial charge in [-0.3, -0.25) is 0 Å². The van der Waals surface area contributed by atoms with Crippen LogP contribution in [0, 0.1) is 13.8 Å². The summed E-state index contributed by atoms with van der Waals surface area (Å²) in [7, 11) is 0. The van der Waals surface area contributed by atoms with Crippen LogP contribution in [0.1, 0.15) is 11.1 Å². The van der Waals surface area contributed by atoms with Crippen molar-refractivity contribution in [3.8, 4) is 0 Å². The number of rotatable bonds is 0. The molecule has 0 bridgehead atoms. The molecule has 0 atom stereocenters. The molecule has 0 aliphatic heterocycles. The zero-order valence-electron chi connectivity index (χ0n) is 10.1. The lowest BCUT2D eigenvalue weighted by atomic mass is 9.94. The monoisotopic (exact) mass is 221 g/mol. The molecule has 0 saturated heterocycles. The third-order valence-corrected chi connectivity index (χ3v) is 3.47. The van der Waals surface area contributed by atoms with E-state index in [-0.39, 0.29) is 0 Å². The molecular formula is C16H15N. The van der Waals surface area contributed by atoms with Crippen molar-refractivity contribution in [3.63, 3.8) is 0 Å². The Balaban J connectivity index is 2.68. The topological polar surface area (TPSA) is 26.0 Å². The molecule has 0 spiro atoms. The van der Waals surface area contributed by atoms with Crippen LogP contribution in [0.2, 0.25) is 0 Å². The van der Waals surface area contributed by atoms with Crippen LogP contribution in [0.25, 0.3) is 21.5 Å². The third kappa shape index (κ3) is 1.39. The van der Waals surface area contributed by atoms with Gasteiger partial charge in [-0.05, 0) is 47.2 Å². The van der Waals surface area contributed by atoms with Crippen LogP contribution >= 0.6 is 0 Å². The van der Waals surface area contributed by atoms with E-state index in [4.69, 9.17) is 5.73 Å². The van der Waals surface area contributed by atoms with Crippen molar-refractivity contribution in [2.75, 3.05) is 5.73 Å². The van der Waals surface area contributed by atoms with Gasteiger partial charge in [-0.2, -0.15) is 0 Å². The average Bonchev–Trinajstić information content (AvgIpc) is 2.33. The van der Waals surface area contributed by atoms with Crippen molar-refractivity contribution in [2.24, 2.45) is 0 Å². The average molecular weight is 221 g/mol. The van der Waals surface area contributed by atoms with Crippen molar-refractivity contribution in [3.05, 3.63) is 53.6 Å². The number of anilines is 1. The molecule has 0 unspecified atom stereocenters. The molecule has 0 aliphatic rings. The second-order valence-electron chi connectivity index (χ2n) is 4.63. The van der Waals surface area contributed by atoms with Crippen molar-refractivity contribution < 1.29 is 0 Å². The summed E-state index contributed by atoms with van der Waals surface area (Å²) in [6.45, 7) is 4.30. The number of aryl methyl sites for hydroxylation is 2. The van der Waals surface area contributed by atoms with Crippen LogP contribution in [-0.4, -0.2) is 0 Å². The van der Waals surface area contributed by atoms with Gasteiger partial charge < -0.3 is 5.73 Å². The molecule has 0 heterocycles. The van der Waals surface area contributed by atoms with Crippen LogP contribution in [0.15, 0.2) is 42.5 Å². The van der Waals surface area contributed by atoms with Crippen LogP contribution in [-0.2, 0) is 0 Å². The molecule has 3 aromatic rings. The quantitative estimate of drug-likeness (QED) is 0.447. The first-order valence-electron chi connectivity index (χ1n) is 5.85. The molecule has 0 saturated carbocycles. The van der Waals surface area contributed by atoms with Gasteiger partial charge in [-0.15, -0.1) is 0 Å². The summed E-state index contributed by atoms with van der Waals surface area (Å²) in [4.78, 5) is 0. The van der Waals surface area contributed by atoms with Crippen LogP contribution in [0.4, 0.5) is 5.69 Å². The maximum Gasteiger partial charge on any atom is 0.0394 e. The fraction of sp³-hybridized carbons (Fsp3) is 0.125. The van der Waals surface area contributed by atoms with E-state index in [2.05, 4.69) is 50.2 Å². The van der Waals surface area contributed by atoms with Crippen LogP contribution < -0.4 is 5.73 Å². The van der Waals surface area contributed by atoms with E-state index in [9.17, 15) is 0 Å². The van der Waals surface area contributed by atoms with E-state index in [1.165, 1.54) is 27.3 Å². The summed E-state index contributed by atoms with van der Waals surface area (Å²) in [6.07, 6.45) is 0. The van der Waals surface area contributed by atoms with E-state index in [1.54, 1.807) is 0 Å². The second-order valence-corrected chi connectivity index (χ2v) is 4.63. The predicted molar refractivity (Wildman–Crippen MR) is 75.3 cm³/mol. The lowest BCUT2D eigenvalue weighted by Gasteiger charge is -2.11. The first-order chi connectivity index (χ1) is 8.18. The van der Waals surface area contributed by atoms with Gasteiger partial charge in [-0.25, -0.2) is 0 Å². The fourth-order valence-corrected chi connectivity index (χ4v) is 2.60. The Morgan fingerprint density at radius 2 is 1.53 bits per heavy atom. The summed E-state index contributed by atoms with van der Waals surface area (Å²) < 4.78 is 0. The Morgan fingerprint density at radius 1 is 0.765 bits per heavy atom. The number of nitrogens with two attached hydrogens (primary N) is 1. The minimum atomic E-state index is 0.857. The van der Waals surface area contributed by atoms with Gasteiger partial charge >= 0.3 is 0 Å². The highest BCUT2D eigenvalue weighted by Crippen LogP contribution is 2.33. The smallest absolute Gasteiger partial charge is 0.0394 e. The Hall–Kier alpha value is -2.02. The first-order valence-corrected chi connectivity index (χ1v) is 5.85. The Kier molecular flexibility index (Phi) is 2.08.